The van der Waals surface area contributed by atoms with E-state index in [4.69, 9.17) is 14.1 Å². The largest absolute Gasteiger partial charge is 0.496 e. The van der Waals surface area contributed by atoms with E-state index in [0.29, 0.717) is 18.9 Å². The molecule has 0 fully saturated rings. The van der Waals surface area contributed by atoms with Crippen LogP contribution < -0.4 is 15.4 Å². The predicted octanol–water partition coefficient (Wildman–Crippen LogP) is 4.97. The van der Waals surface area contributed by atoms with E-state index in [9.17, 15) is 0 Å². The fraction of sp³-hybridized carbons (Fsp3) is 0.130. The van der Waals surface area contributed by atoms with E-state index in [0.717, 1.165) is 34.3 Å². The molecule has 0 bridgehead atoms. The summed E-state index contributed by atoms with van der Waals surface area (Å²) in [5.41, 5.74) is 2.01. The molecule has 2 heterocycles. The number of ether oxygens (including phenoxy) is 1. The van der Waals surface area contributed by atoms with Gasteiger partial charge in [-0.05, 0) is 18.2 Å². The van der Waals surface area contributed by atoms with Gasteiger partial charge in [0.1, 0.15) is 23.1 Å². The van der Waals surface area contributed by atoms with Crippen LogP contribution in [-0.2, 0) is 13.1 Å². The lowest BCUT2D eigenvalue weighted by Crippen LogP contribution is -2.07. The minimum Gasteiger partial charge on any atom is -0.496 e. The topological polar surface area (TPSA) is 72.2 Å². The Labute approximate surface area is 169 Å². The van der Waals surface area contributed by atoms with Crippen LogP contribution in [-0.4, -0.2) is 17.1 Å². The number of furan rings is 1. The molecule has 2 N–H and O–H groups in total. The van der Waals surface area contributed by atoms with E-state index < -0.39 is 0 Å². The summed E-state index contributed by atoms with van der Waals surface area (Å²) >= 11 is 0. The van der Waals surface area contributed by atoms with Gasteiger partial charge in [0.25, 0.3) is 0 Å². The quantitative estimate of drug-likeness (QED) is 0.445. The summed E-state index contributed by atoms with van der Waals surface area (Å²) in [6.07, 6.45) is 1.66. The first-order chi connectivity index (χ1) is 14.3. The molecule has 6 nitrogen and oxygen atoms in total. The van der Waals surface area contributed by atoms with Gasteiger partial charge in [-0.25, -0.2) is 9.97 Å². The van der Waals surface area contributed by atoms with Crippen molar-refractivity contribution in [3.63, 3.8) is 0 Å². The molecule has 0 aliphatic carbocycles. The molecule has 0 saturated heterocycles. The molecule has 6 heteroatoms. The van der Waals surface area contributed by atoms with Crippen molar-refractivity contribution >= 4 is 11.6 Å². The fourth-order valence-corrected chi connectivity index (χ4v) is 2.97. The third-order valence-electron chi connectivity index (χ3n) is 4.43. The van der Waals surface area contributed by atoms with Gasteiger partial charge in [-0.2, -0.15) is 0 Å². The lowest BCUT2D eigenvalue weighted by Gasteiger charge is -2.13. The molecule has 0 radical (unpaired) electrons. The normalized spacial score (nSPS) is 10.5. The van der Waals surface area contributed by atoms with Crippen molar-refractivity contribution in [2.24, 2.45) is 0 Å². The highest BCUT2D eigenvalue weighted by Crippen LogP contribution is 2.23. The van der Waals surface area contributed by atoms with Crippen LogP contribution in [0.25, 0.3) is 11.4 Å². The van der Waals surface area contributed by atoms with Crippen LogP contribution in [0.3, 0.4) is 0 Å². The Morgan fingerprint density at radius 2 is 1.55 bits per heavy atom. The van der Waals surface area contributed by atoms with Crippen molar-refractivity contribution in [1.82, 2.24) is 9.97 Å². The van der Waals surface area contributed by atoms with E-state index in [1.807, 2.05) is 72.8 Å². The highest BCUT2D eigenvalue weighted by Gasteiger charge is 2.09. The summed E-state index contributed by atoms with van der Waals surface area (Å²) in [5.74, 6) is 3.78. The standard InChI is InChI=1S/C23H22N4O2/c1-28-20-12-6-5-10-18(20)15-24-21-14-22(25-16-19-11-7-13-29-19)27-23(26-21)17-8-3-2-4-9-17/h2-14H,15-16H2,1H3,(H2,24,25,26,27). The second-order valence-electron chi connectivity index (χ2n) is 6.43. The van der Waals surface area contributed by atoms with Crippen molar-refractivity contribution in [3.05, 3.63) is 90.4 Å². The summed E-state index contributed by atoms with van der Waals surface area (Å²) in [6, 6.07) is 23.5. The summed E-state index contributed by atoms with van der Waals surface area (Å²) in [5, 5.41) is 6.69. The second kappa shape index (κ2) is 8.93. The number of aromatic nitrogens is 2. The van der Waals surface area contributed by atoms with E-state index in [-0.39, 0.29) is 0 Å². The molecule has 4 rings (SSSR count). The molecule has 0 unspecified atom stereocenters. The van der Waals surface area contributed by atoms with Gasteiger partial charge < -0.3 is 19.8 Å². The molecule has 29 heavy (non-hydrogen) atoms. The van der Waals surface area contributed by atoms with Crippen LogP contribution in [0.2, 0.25) is 0 Å². The van der Waals surface area contributed by atoms with Crippen LogP contribution in [0.5, 0.6) is 5.75 Å². The zero-order valence-electron chi connectivity index (χ0n) is 16.1. The highest BCUT2D eigenvalue weighted by molar-refractivity contribution is 5.61. The molecule has 2 aromatic carbocycles. The Bertz CT molecular complexity index is 1050. The first kappa shape index (κ1) is 18.6. The van der Waals surface area contributed by atoms with Crippen molar-refractivity contribution in [3.8, 4) is 17.1 Å². The summed E-state index contributed by atoms with van der Waals surface area (Å²) in [4.78, 5) is 9.36. The smallest absolute Gasteiger partial charge is 0.163 e. The van der Waals surface area contributed by atoms with Crippen molar-refractivity contribution in [2.75, 3.05) is 17.7 Å². The first-order valence-corrected chi connectivity index (χ1v) is 9.38. The number of rotatable bonds is 8. The maximum atomic E-state index is 5.43. The van der Waals surface area contributed by atoms with Crippen LogP contribution in [0, 0.1) is 0 Å². The molecule has 0 atom stereocenters. The van der Waals surface area contributed by atoms with Gasteiger partial charge in [-0.1, -0.05) is 48.5 Å². The Hall–Kier alpha value is -3.80. The Morgan fingerprint density at radius 1 is 0.828 bits per heavy atom. The van der Waals surface area contributed by atoms with Crippen LogP contribution in [0.4, 0.5) is 11.6 Å². The number of nitrogens with one attached hydrogen (secondary N) is 2. The number of methoxy groups -OCH3 is 1. The summed E-state index contributed by atoms with van der Waals surface area (Å²) in [6.45, 7) is 1.14. The third-order valence-corrected chi connectivity index (χ3v) is 4.43. The zero-order chi connectivity index (χ0) is 19.9. The SMILES string of the molecule is COc1ccccc1CNc1cc(NCc2ccco2)nc(-c2ccccc2)n1. The van der Waals surface area contributed by atoms with E-state index in [1.54, 1.807) is 13.4 Å². The molecule has 0 amide bonds. The zero-order valence-corrected chi connectivity index (χ0v) is 16.1. The average Bonchev–Trinajstić information content (AvgIpc) is 3.31. The summed E-state index contributed by atoms with van der Waals surface area (Å²) in [7, 11) is 1.67. The van der Waals surface area contributed by atoms with Crippen LogP contribution in [0.15, 0.2) is 83.5 Å². The molecule has 0 spiro atoms. The van der Waals surface area contributed by atoms with Gasteiger partial charge in [0.15, 0.2) is 5.82 Å². The highest BCUT2D eigenvalue weighted by atomic mass is 16.5. The molecule has 0 aliphatic heterocycles. The number of hydrogen-bond donors (Lipinski definition) is 2. The Balaban J connectivity index is 1.58. The second-order valence-corrected chi connectivity index (χ2v) is 6.43. The molecular formula is C23H22N4O2. The minimum atomic E-state index is 0.546. The first-order valence-electron chi connectivity index (χ1n) is 9.38. The van der Waals surface area contributed by atoms with Crippen LogP contribution >= 0.6 is 0 Å². The lowest BCUT2D eigenvalue weighted by atomic mass is 10.2. The number of nitrogens with zero attached hydrogens (tertiary/aromatic N) is 2. The number of benzene rings is 2. The number of hydrogen-bond acceptors (Lipinski definition) is 6. The van der Waals surface area contributed by atoms with Crippen molar-refractivity contribution < 1.29 is 9.15 Å². The molecule has 0 aliphatic rings. The summed E-state index contributed by atoms with van der Waals surface area (Å²) < 4.78 is 10.8. The molecular weight excluding hydrogens is 364 g/mol. The molecule has 4 aromatic rings. The van der Waals surface area contributed by atoms with Gasteiger partial charge in [-0.3, -0.25) is 0 Å². The van der Waals surface area contributed by atoms with E-state index in [1.165, 1.54) is 0 Å². The minimum absolute atomic E-state index is 0.546. The van der Waals surface area contributed by atoms with Crippen LogP contribution in [0.1, 0.15) is 11.3 Å². The van der Waals surface area contributed by atoms with E-state index in [2.05, 4.69) is 15.6 Å². The Kier molecular flexibility index (Phi) is 5.71. The van der Waals surface area contributed by atoms with Gasteiger partial charge in [0.05, 0.1) is 19.9 Å². The van der Waals surface area contributed by atoms with Gasteiger partial charge in [0.2, 0.25) is 0 Å². The maximum Gasteiger partial charge on any atom is 0.163 e. The van der Waals surface area contributed by atoms with Gasteiger partial charge >= 0.3 is 0 Å². The van der Waals surface area contributed by atoms with E-state index >= 15 is 0 Å². The third kappa shape index (κ3) is 4.73. The molecule has 2 aromatic heterocycles. The van der Waals surface area contributed by atoms with Gasteiger partial charge in [-0.15, -0.1) is 0 Å². The van der Waals surface area contributed by atoms with Crippen molar-refractivity contribution in [2.45, 2.75) is 13.1 Å². The molecule has 146 valence electrons. The predicted molar refractivity (Wildman–Crippen MR) is 114 cm³/mol. The lowest BCUT2D eigenvalue weighted by molar-refractivity contribution is 0.410. The number of para-hydroxylation sites is 1. The van der Waals surface area contributed by atoms with Crippen molar-refractivity contribution in [1.29, 1.82) is 0 Å². The maximum absolute atomic E-state index is 5.43. The Morgan fingerprint density at radius 3 is 2.28 bits per heavy atom. The fourth-order valence-electron chi connectivity index (χ4n) is 2.97. The van der Waals surface area contributed by atoms with Gasteiger partial charge in [0, 0.05) is 23.7 Å². The average molecular weight is 386 g/mol. The number of anilines is 2. The monoisotopic (exact) mass is 386 g/mol. The molecule has 0 saturated carbocycles.